The predicted molar refractivity (Wildman–Crippen MR) is 96.8 cm³/mol. The summed E-state index contributed by atoms with van der Waals surface area (Å²) in [6.45, 7) is 2.23. The minimum Gasteiger partial charge on any atom is -0.355 e. The van der Waals surface area contributed by atoms with Crippen molar-refractivity contribution in [1.29, 1.82) is 0 Å². The Labute approximate surface area is 145 Å². The summed E-state index contributed by atoms with van der Waals surface area (Å²) >= 11 is 0. The topological polar surface area (TPSA) is 32.3 Å². The maximum Gasteiger partial charge on any atom is 0.251 e. The Morgan fingerprint density at radius 2 is 1.62 bits per heavy atom. The summed E-state index contributed by atoms with van der Waals surface area (Å²) in [5, 5.41) is 2.68. The molecule has 0 aliphatic heterocycles. The van der Waals surface area contributed by atoms with E-state index in [4.69, 9.17) is 0 Å². The van der Waals surface area contributed by atoms with Gasteiger partial charge in [-0.1, -0.05) is 12.1 Å². The molecule has 130 valence electrons. The molecule has 0 radical (unpaired) electrons. The summed E-state index contributed by atoms with van der Waals surface area (Å²) < 4.78 is 0. The molecule has 0 heterocycles. The van der Waals surface area contributed by atoms with Crippen molar-refractivity contribution in [1.82, 2.24) is 10.2 Å². The Bertz CT molecular complexity index is 571. The third kappa shape index (κ3) is 3.11. The maximum absolute atomic E-state index is 11.6. The van der Waals surface area contributed by atoms with Crippen molar-refractivity contribution >= 4 is 5.91 Å². The summed E-state index contributed by atoms with van der Waals surface area (Å²) in [4.78, 5) is 14.2. The Kier molecular flexibility index (Phi) is 4.16. The van der Waals surface area contributed by atoms with Crippen LogP contribution in [0.1, 0.15) is 54.4 Å². The lowest BCUT2D eigenvalue weighted by molar-refractivity contribution is -0.0670. The second-order valence-corrected chi connectivity index (χ2v) is 8.87. The number of amides is 1. The van der Waals surface area contributed by atoms with Gasteiger partial charge in [-0.3, -0.25) is 4.79 Å². The van der Waals surface area contributed by atoms with Crippen molar-refractivity contribution in [2.24, 2.45) is 23.2 Å². The number of hydrogen-bond donors (Lipinski definition) is 1. The molecule has 3 nitrogen and oxygen atoms in total. The van der Waals surface area contributed by atoms with E-state index in [1.54, 1.807) is 7.05 Å². The van der Waals surface area contributed by atoms with Crippen LogP contribution in [0.2, 0.25) is 0 Å². The van der Waals surface area contributed by atoms with E-state index < -0.39 is 0 Å². The highest BCUT2D eigenvalue weighted by molar-refractivity contribution is 5.93. The fourth-order valence-corrected chi connectivity index (χ4v) is 6.33. The minimum absolute atomic E-state index is 0.0107. The normalized spacial score (nSPS) is 33.9. The number of nitrogens with zero attached hydrogens (tertiary/aromatic N) is 1. The van der Waals surface area contributed by atoms with E-state index in [0.717, 1.165) is 29.9 Å². The van der Waals surface area contributed by atoms with Crippen LogP contribution >= 0.6 is 0 Å². The van der Waals surface area contributed by atoms with Gasteiger partial charge in [-0.2, -0.15) is 0 Å². The molecule has 4 bridgehead atoms. The van der Waals surface area contributed by atoms with Crippen molar-refractivity contribution in [3.63, 3.8) is 0 Å². The zero-order valence-electron chi connectivity index (χ0n) is 15.1. The second-order valence-electron chi connectivity index (χ2n) is 8.87. The molecule has 0 unspecified atom stereocenters. The summed E-state index contributed by atoms with van der Waals surface area (Å²) in [5.74, 6) is 3.06. The van der Waals surface area contributed by atoms with Gasteiger partial charge in [0, 0.05) is 25.7 Å². The number of benzene rings is 1. The number of hydrogen-bond acceptors (Lipinski definition) is 2. The van der Waals surface area contributed by atoms with Crippen molar-refractivity contribution in [3.8, 4) is 0 Å². The van der Waals surface area contributed by atoms with Crippen LogP contribution < -0.4 is 5.32 Å². The number of nitrogens with one attached hydrogen (secondary N) is 1. The summed E-state index contributed by atoms with van der Waals surface area (Å²) in [5.41, 5.74) is 2.64. The third-order valence-electron chi connectivity index (χ3n) is 6.67. The van der Waals surface area contributed by atoms with Gasteiger partial charge in [0.1, 0.15) is 0 Å². The van der Waals surface area contributed by atoms with Gasteiger partial charge < -0.3 is 10.2 Å². The van der Waals surface area contributed by atoms with Crippen LogP contribution in [-0.4, -0.2) is 31.4 Å². The standard InChI is InChI=1S/C21H30N2O/c1-22-20(24)19-5-3-15(4-6-19)13-23(2)14-21-10-16-7-17(11-21)9-18(8-16)12-21/h3-6,16-18H,7-14H2,1-2H3,(H,22,24). The lowest BCUT2D eigenvalue weighted by Crippen LogP contribution is -2.50. The van der Waals surface area contributed by atoms with Crippen molar-refractivity contribution in [3.05, 3.63) is 35.4 Å². The molecule has 0 aromatic heterocycles. The van der Waals surface area contributed by atoms with Crippen LogP contribution in [-0.2, 0) is 6.54 Å². The lowest BCUT2D eigenvalue weighted by Gasteiger charge is -2.57. The Hall–Kier alpha value is -1.35. The Morgan fingerprint density at radius 1 is 1.08 bits per heavy atom. The first kappa shape index (κ1) is 16.1. The molecular weight excluding hydrogens is 296 g/mol. The predicted octanol–water partition coefficient (Wildman–Crippen LogP) is 3.69. The lowest BCUT2D eigenvalue weighted by atomic mass is 9.49. The number of carbonyl (C=O) groups is 1. The van der Waals surface area contributed by atoms with E-state index >= 15 is 0 Å². The van der Waals surface area contributed by atoms with Gasteiger partial charge in [-0.15, -0.1) is 0 Å². The Morgan fingerprint density at radius 3 is 2.12 bits per heavy atom. The first-order chi connectivity index (χ1) is 11.5. The van der Waals surface area contributed by atoms with Gasteiger partial charge in [0.15, 0.2) is 0 Å². The van der Waals surface area contributed by atoms with E-state index in [0.29, 0.717) is 5.41 Å². The second kappa shape index (κ2) is 6.18. The molecule has 4 aliphatic rings. The molecular formula is C21H30N2O. The fourth-order valence-electron chi connectivity index (χ4n) is 6.33. The minimum atomic E-state index is -0.0107. The zero-order chi connectivity index (χ0) is 16.7. The summed E-state index contributed by atoms with van der Waals surface area (Å²) in [6.07, 6.45) is 8.97. The van der Waals surface area contributed by atoms with Crippen molar-refractivity contribution < 1.29 is 4.79 Å². The van der Waals surface area contributed by atoms with E-state index in [1.165, 1.54) is 50.6 Å². The molecule has 3 heteroatoms. The maximum atomic E-state index is 11.6. The van der Waals surface area contributed by atoms with E-state index in [1.807, 2.05) is 12.1 Å². The molecule has 0 atom stereocenters. The Balaban J connectivity index is 1.38. The smallest absolute Gasteiger partial charge is 0.251 e. The molecule has 24 heavy (non-hydrogen) atoms. The first-order valence-corrected chi connectivity index (χ1v) is 9.55. The molecule has 1 aromatic rings. The zero-order valence-corrected chi connectivity index (χ0v) is 15.1. The van der Waals surface area contributed by atoms with Crippen LogP contribution in [0.4, 0.5) is 0 Å². The van der Waals surface area contributed by atoms with E-state index in [2.05, 4.69) is 29.4 Å². The van der Waals surface area contributed by atoms with Gasteiger partial charge >= 0.3 is 0 Å². The van der Waals surface area contributed by atoms with Crippen LogP contribution in [0.5, 0.6) is 0 Å². The van der Waals surface area contributed by atoms with Gasteiger partial charge in [-0.05, 0) is 86.4 Å². The van der Waals surface area contributed by atoms with Gasteiger partial charge in [0.2, 0.25) is 0 Å². The molecule has 1 aromatic carbocycles. The molecule has 4 saturated carbocycles. The van der Waals surface area contributed by atoms with Crippen LogP contribution in [0, 0.1) is 23.2 Å². The molecule has 0 spiro atoms. The third-order valence-corrected chi connectivity index (χ3v) is 6.67. The van der Waals surface area contributed by atoms with Gasteiger partial charge in [-0.25, -0.2) is 0 Å². The highest BCUT2D eigenvalue weighted by atomic mass is 16.1. The molecule has 4 aliphatic carbocycles. The van der Waals surface area contributed by atoms with E-state index in [9.17, 15) is 4.79 Å². The molecule has 0 saturated heterocycles. The van der Waals surface area contributed by atoms with Crippen LogP contribution in [0.15, 0.2) is 24.3 Å². The molecule has 5 rings (SSSR count). The van der Waals surface area contributed by atoms with Crippen molar-refractivity contribution in [2.75, 3.05) is 20.6 Å². The quantitative estimate of drug-likeness (QED) is 0.895. The number of carbonyl (C=O) groups excluding carboxylic acids is 1. The largest absolute Gasteiger partial charge is 0.355 e. The summed E-state index contributed by atoms with van der Waals surface area (Å²) in [6, 6.07) is 8.07. The fraction of sp³-hybridized carbons (Fsp3) is 0.667. The van der Waals surface area contributed by atoms with Gasteiger partial charge in [0.25, 0.3) is 5.91 Å². The first-order valence-electron chi connectivity index (χ1n) is 9.55. The average Bonchev–Trinajstić information content (AvgIpc) is 2.53. The monoisotopic (exact) mass is 326 g/mol. The summed E-state index contributed by atoms with van der Waals surface area (Å²) in [7, 11) is 3.95. The van der Waals surface area contributed by atoms with Gasteiger partial charge in [0.05, 0.1) is 0 Å². The molecule has 1 N–H and O–H groups in total. The van der Waals surface area contributed by atoms with Crippen molar-refractivity contribution in [2.45, 2.75) is 45.1 Å². The van der Waals surface area contributed by atoms with E-state index in [-0.39, 0.29) is 5.91 Å². The number of rotatable bonds is 5. The molecule has 4 fully saturated rings. The SMILES string of the molecule is CNC(=O)c1ccc(CN(C)CC23CC4CC(CC(C4)C2)C3)cc1. The van der Waals surface area contributed by atoms with Crippen LogP contribution in [0.25, 0.3) is 0 Å². The molecule has 1 amide bonds. The highest BCUT2D eigenvalue weighted by Crippen LogP contribution is 2.60. The van der Waals surface area contributed by atoms with Crippen LogP contribution in [0.3, 0.4) is 0 Å². The highest BCUT2D eigenvalue weighted by Gasteiger charge is 2.50. The average molecular weight is 326 g/mol.